The Bertz CT molecular complexity index is 296. The van der Waals surface area contributed by atoms with Gasteiger partial charge in [-0.25, -0.2) is 0 Å². The van der Waals surface area contributed by atoms with Gasteiger partial charge in [-0.05, 0) is 85.0 Å². The Kier molecular flexibility index (Phi) is 9.09. The topological polar surface area (TPSA) is 0 Å². The van der Waals surface area contributed by atoms with E-state index in [0.717, 1.165) is 11.2 Å². The minimum atomic E-state index is 0.680. The lowest BCUT2D eigenvalue weighted by Crippen LogP contribution is -2.43. The summed E-state index contributed by atoms with van der Waals surface area (Å²) in [4.78, 5) is 0. The first-order chi connectivity index (χ1) is 11.9. The van der Waals surface area contributed by atoms with Crippen molar-refractivity contribution in [1.82, 2.24) is 0 Å². The first-order valence-electron chi connectivity index (χ1n) is 10.7. The Hall–Kier alpha value is 1.05. The maximum Gasteiger partial charge on any atom is 0.0107 e. The van der Waals surface area contributed by atoms with E-state index in [0.29, 0.717) is 5.41 Å². The summed E-state index contributed by atoms with van der Waals surface area (Å²) in [6, 6.07) is 0. The smallest absolute Gasteiger partial charge is 0.0107 e. The van der Waals surface area contributed by atoms with Crippen LogP contribution in [0.4, 0.5) is 0 Å². The molecule has 0 saturated carbocycles. The zero-order chi connectivity index (χ0) is 16.5. The van der Waals surface area contributed by atoms with Gasteiger partial charge in [0.05, 0.1) is 0 Å². The first kappa shape index (κ1) is 19.8. The molecule has 3 fully saturated rings. The van der Waals surface area contributed by atoms with Crippen LogP contribution in [0.15, 0.2) is 0 Å². The highest BCUT2D eigenvalue weighted by atomic mass is 32.2. The Morgan fingerprint density at radius 1 is 0.583 bits per heavy atom. The zero-order valence-corrected chi connectivity index (χ0v) is 18.1. The van der Waals surface area contributed by atoms with Gasteiger partial charge in [0.25, 0.3) is 0 Å². The number of thioether (sulfide) groups is 3. The standard InChI is InChI=1S/C21H38S3/c1-2-8-16-24-20(11-5-1)21(12-6-9-14-22-17-13-21)19-10-4-3-7-15-23-18-19/h19-20H,1-18H2. The summed E-state index contributed by atoms with van der Waals surface area (Å²) in [6.07, 6.45) is 19.6. The van der Waals surface area contributed by atoms with Crippen molar-refractivity contribution in [3.63, 3.8) is 0 Å². The molecule has 0 aromatic heterocycles. The maximum absolute atomic E-state index is 2.41. The van der Waals surface area contributed by atoms with Crippen LogP contribution < -0.4 is 0 Å². The SMILES string of the molecule is C1CCCC(C2(C3CCCCCSC3)CCCCSCC2)SCC1. The summed E-state index contributed by atoms with van der Waals surface area (Å²) in [7, 11) is 0. The first-order valence-corrected chi connectivity index (χ1v) is 14.0. The van der Waals surface area contributed by atoms with Crippen LogP contribution in [0.25, 0.3) is 0 Å². The minimum absolute atomic E-state index is 0.680. The largest absolute Gasteiger partial charge is 0.162 e. The van der Waals surface area contributed by atoms with Gasteiger partial charge in [-0.3, -0.25) is 0 Å². The summed E-state index contributed by atoms with van der Waals surface area (Å²) in [6.45, 7) is 0. The van der Waals surface area contributed by atoms with Crippen molar-refractivity contribution in [3.8, 4) is 0 Å². The van der Waals surface area contributed by atoms with E-state index >= 15 is 0 Å². The van der Waals surface area contributed by atoms with E-state index in [1.54, 1.807) is 6.42 Å². The highest BCUT2D eigenvalue weighted by Gasteiger charge is 2.44. The quantitative estimate of drug-likeness (QED) is 0.490. The van der Waals surface area contributed by atoms with E-state index in [2.05, 4.69) is 35.3 Å². The third kappa shape index (κ3) is 5.52. The van der Waals surface area contributed by atoms with Crippen LogP contribution in [0.5, 0.6) is 0 Å². The Morgan fingerprint density at radius 3 is 2.33 bits per heavy atom. The van der Waals surface area contributed by atoms with Gasteiger partial charge >= 0.3 is 0 Å². The fourth-order valence-electron chi connectivity index (χ4n) is 5.22. The monoisotopic (exact) mass is 386 g/mol. The van der Waals surface area contributed by atoms with E-state index in [4.69, 9.17) is 0 Å². The molecule has 140 valence electrons. The van der Waals surface area contributed by atoms with Crippen molar-refractivity contribution >= 4 is 35.3 Å². The molecule has 24 heavy (non-hydrogen) atoms. The van der Waals surface area contributed by atoms with Gasteiger partial charge in [-0.15, -0.1) is 0 Å². The van der Waals surface area contributed by atoms with Gasteiger partial charge in [-0.1, -0.05) is 38.5 Å². The predicted molar refractivity (Wildman–Crippen MR) is 117 cm³/mol. The summed E-state index contributed by atoms with van der Waals surface area (Å²) in [5.74, 6) is 8.23. The molecule has 3 heterocycles. The molecular weight excluding hydrogens is 348 g/mol. The van der Waals surface area contributed by atoms with Crippen molar-refractivity contribution < 1.29 is 0 Å². The zero-order valence-electron chi connectivity index (χ0n) is 15.6. The van der Waals surface area contributed by atoms with Gasteiger partial charge in [0.1, 0.15) is 0 Å². The molecule has 3 aliphatic rings. The van der Waals surface area contributed by atoms with E-state index < -0.39 is 0 Å². The molecule has 0 spiro atoms. The minimum Gasteiger partial charge on any atom is -0.162 e. The van der Waals surface area contributed by atoms with Crippen molar-refractivity contribution in [3.05, 3.63) is 0 Å². The molecule has 0 aromatic carbocycles. The van der Waals surface area contributed by atoms with Crippen LogP contribution in [0, 0.1) is 11.3 Å². The molecule has 0 bridgehead atoms. The third-order valence-corrected chi connectivity index (χ3v) is 10.6. The lowest BCUT2D eigenvalue weighted by Gasteiger charge is -2.49. The van der Waals surface area contributed by atoms with Crippen LogP contribution in [0.1, 0.15) is 83.5 Å². The van der Waals surface area contributed by atoms with E-state index in [9.17, 15) is 0 Å². The van der Waals surface area contributed by atoms with Crippen molar-refractivity contribution in [2.24, 2.45) is 11.3 Å². The van der Waals surface area contributed by atoms with Crippen LogP contribution in [0.2, 0.25) is 0 Å². The number of hydrogen-bond acceptors (Lipinski definition) is 3. The highest BCUT2D eigenvalue weighted by Crippen LogP contribution is 2.52. The molecule has 0 aliphatic carbocycles. The van der Waals surface area contributed by atoms with E-state index in [1.165, 1.54) is 106 Å². The van der Waals surface area contributed by atoms with E-state index in [1.807, 2.05) is 0 Å². The molecular formula is C21H38S3. The fourth-order valence-corrected chi connectivity index (χ4v) is 9.47. The Labute approximate surface area is 163 Å². The normalized spacial score (nSPS) is 38.0. The van der Waals surface area contributed by atoms with Gasteiger partial charge < -0.3 is 0 Å². The third-order valence-electron chi connectivity index (χ3n) is 6.69. The second kappa shape index (κ2) is 11.0. The van der Waals surface area contributed by atoms with Gasteiger partial charge in [0.15, 0.2) is 0 Å². The summed E-state index contributed by atoms with van der Waals surface area (Å²) in [5.41, 5.74) is 0.680. The molecule has 0 aromatic rings. The molecule has 3 saturated heterocycles. The Morgan fingerprint density at radius 2 is 1.33 bits per heavy atom. The van der Waals surface area contributed by atoms with Crippen molar-refractivity contribution in [2.75, 3.05) is 28.8 Å². The van der Waals surface area contributed by atoms with Crippen LogP contribution in [-0.4, -0.2) is 34.0 Å². The molecule has 3 unspecified atom stereocenters. The molecule has 0 nitrogen and oxygen atoms in total. The number of rotatable bonds is 2. The molecule has 3 heteroatoms. The average molecular weight is 387 g/mol. The van der Waals surface area contributed by atoms with E-state index in [-0.39, 0.29) is 0 Å². The molecule has 0 radical (unpaired) electrons. The highest BCUT2D eigenvalue weighted by molar-refractivity contribution is 8.00. The summed E-state index contributed by atoms with van der Waals surface area (Å²) >= 11 is 6.97. The second-order valence-electron chi connectivity index (χ2n) is 8.24. The molecule has 0 amide bonds. The summed E-state index contributed by atoms with van der Waals surface area (Å²) in [5, 5.41) is 0.974. The fraction of sp³-hybridized carbons (Fsp3) is 1.00. The molecule has 0 N–H and O–H groups in total. The second-order valence-corrected chi connectivity index (χ2v) is 11.9. The van der Waals surface area contributed by atoms with Gasteiger partial charge in [0, 0.05) is 5.25 Å². The van der Waals surface area contributed by atoms with Crippen LogP contribution in [-0.2, 0) is 0 Å². The van der Waals surface area contributed by atoms with Crippen molar-refractivity contribution in [2.45, 2.75) is 88.7 Å². The molecule has 3 aliphatic heterocycles. The van der Waals surface area contributed by atoms with Gasteiger partial charge in [0.2, 0.25) is 0 Å². The lowest BCUT2D eigenvalue weighted by molar-refractivity contribution is 0.125. The lowest BCUT2D eigenvalue weighted by atomic mass is 9.65. The maximum atomic E-state index is 2.41. The molecule has 3 atom stereocenters. The molecule has 3 rings (SSSR count). The van der Waals surface area contributed by atoms with Gasteiger partial charge in [-0.2, -0.15) is 35.3 Å². The summed E-state index contributed by atoms with van der Waals surface area (Å²) < 4.78 is 0. The predicted octanol–water partition coefficient (Wildman–Crippen LogP) is 7.27. The van der Waals surface area contributed by atoms with Crippen LogP contribution in [0.3, 0.4) is 0 Å². The number of hydrogen-bond donors (Lipinski definition) is 0. The Balaban J connectivity index is 1.79. The van der Waals surface area contributed by atoms with Crippen molar-refractivity contribution in [1.29, 1.82) is 0 Å². The van der Waals surface area contributed by atoms with Crippen LogP contribution >= 0.6 is 35.3 Å². The average Bonchev–Trinajstić information content (AvgIpc) is 2.48.